The molecule has 1 N–H and O–H groups in total. The van der Waals surface area contributed by atoms with Crippen molar-refractivity contribution in [2.75, 3.05) is 6.54 Å². The number of hydrogen-bond donors (Lipinski definition) is 1. The maximum atomic E-state index is 13.3. The summed E-state index contributed by atoms with van der Waals surface area (Å²) in [4.78, 5) is 31.7. The quantitative estimate of drug-likeness (QED) is 0.372. The van der Waals surface area contributed by atoms with Crippen molar-refractivity contribution in [3.05, 3.63) is 110 Å². The fourth-order valence-corrected chi connectivity index (χ4v) is 6.52. The third-order valence-electron chi connectivity index (χ3n) is 6.07. The number of hydrogen-bond acceptors (Lipinski definition) is 5. The first-order valence-electron chi connectivity index (χ1n) is 11.3. The van der Waals surface area contributed by atoms with Crippen molar-refractivity contribution >= 4 is 29.0 Å². The molecule has 172 valence electrons. The molecule has 0 spiro atoms. The van der Waals surface area contributed by atoms with Gasteiger partial charge in [-0.1, -0.05) is 12.1 Å². The zero-order valence-corrected chi connectivity index (χ0v) is 20.5. The number of pyridine rings is 2. The summed E-state index contributed by atoms with van der Waals surface area (Å²) in [7, 11) is 0. The predicted molar refractivity (Wildman–Crippen MR) is 138 cm³/mol. The van der Waals surface area contributed by atoms with Crippen LogP contribution in [0.4, 0.5) is 0 Å². The Morgan fingerprint density at radius 1 is 1.18 bits per heavy atom. The molecule has 0 radical (unpaired) electrons. The smallest absolute Gasteiger partial charge is 0.257 e. The van der Waals surface area contributed by atoms with Gasteiger partial charge in [-0.05, 0) is 72.0 Å². The molecule has 5 nitrogen and oxygen atoms in total. The third-order valence-corrected chi connectivity index (χ3v) is 8.09. The molecule has 1 atom stereocenters. The lowest BCUT2D eigenvalue weighted by atomic mass is 10.0. The number of carbonyl (C=O) groups is 1. The van der Waals surface area contributed by atoms with E-state index in [1.54, 1.807) is 41.6 Å². The maximum absolute atomic E-state index is 13.3. The summed E-state index contributed by atoms with van der Waals surface area (Å²) in [5.41, 5.74) is 5.08. The van der Waals surface area contributed by atoms with Gasteiger partial charge < -0.3 is 9.88 Å². The number of amides is 1. The molecule has 3 aromatic heterocycles. The van der Waals surface area contributed by atoms with Crippen LogP contribution in [0, 0.1) is 6.92 Å². The normalized spacial score (nSPS) is 14.7. The van der Waals surface area contributed by atoms with Crippen molar-refractivity contribution in [1.29, 1.82) is 0 Å². The van der Waals surface area contributed by atoms with Gasteiger partial charge in [-0.25, -0.2) is 0 Å². The van der Waals surface area contributed by atoms with Crippen LogP contribution in [0.15, 0.2) is 81.4 Å². The van der Waals surface area contributed by atoms with Gasteiger partial charge in [0.2, 0.25) is 0 Å². The van der Waals surface area contributed by atoms with Crippen LogP contribution in [0.5, 0.6) is 0 Å². The Hall–Kier alpha value is -3.16. The number of carbonyl (C=O) groups excluding carboxylic acids is 1. The summed E-state index contributed by atoms with van der Waals surface area (Å²) >= 11 is 3.46. The molecule has 0 saturated carbocycles. The second-order valence-electron chi connectivity index (χ2n) is 8.36. The Bertz CT molecular complexity index is 1360. The van der Waals surface area contributed by atoms with E-state index in [0.29, 0.717) is 13.0 Å². The molecule has 0 aliphatic carbocycles. The maximum Gasteiger partial charge on any atom is 0.257 e. The minimum atomic E-state index is -0.295. The van der Waals surface area contributed by atoms with Gasteiger partial charge in [0.15, 0.2) is 5.43 Å². The number of aryl methyl sites for hydroxylation is 2. The highest BCUT2D eigenvalue weighted by Crippen LogP contribution is 2.44. The first-order chi connectivity index (χ1) is 16.6. The number of nitrogens with zero attached hydrogens (tertiary/aromatic N) is 2. The average molecular weight is 488 g/mol. The van der Waals surface area contributed by atoms with Gasteiger partial charge in [0.1, 0.15) is 5.56 Å². The number of fused-ring (bicyclic) bond motifs is 3. The summed E-state index contributed by atoms with van der Waals surface area (Å²) in [6, 6.07) is 15.9. The Labute approximate surface area is 206 Å². The van der Waals surface area contributed by atoms with E-state index in [4.69, 9.17) is 0 Å². The Balaban J connectivity index is 1.49. The molecule has 5 rings (SSSR count). The molecule has 1 aliphatic rings. The van der Waals surface area contributed by atoms with E-state index in [-0.39, 0.29) is 22.1 Å². The van der Waals surface area contributed by atoms with Crippen LogP contribution in [0.1, 0.15) is 44.5 Å². The van der Waals surface area contributed by atoms with Crippen molar-refractivity contribution in [2.45, 2.75) is 36.3 Å². The molecule has 4 heterocycles. The summed E-state index contributed by atoms with van der Waals surface area (Å²) < 4.78 is 2.10. The van der Waals surface area contributed by atoms with Crippen molar-refractivity contribution in [3.63, 3.8) is 0 Å². The highest BCUT2D eigenvalue weighted by atomic mass is 32.2. The number of aromatic nitrogens is 2. The molecular weight excluding hydrogens is 462 g/mol. The topological polar surface area (TPSA) is 64.0 Å². The predicted octanol–water partition coefficient (Wildman–Crippen LogP) is 5.35. The molecule has 1 aliphatic heterocycles. The number of benzene rings is 1. The van der Waals surface area contributed by atoms with Crippen LogP contribution in [0.2, 0.25) is 0 Å². The van der Waals surface area contributed by atoms with Gasteiger partial charge >= 0.3 is 0 Å². The summed E-state index contributed by atoms with van der Waals surface area (Å²) in [5.74, 6) is -0.295. The third kappa shape index (κ3) is 4.58. The minimum Gasteiger partial charge on any atom is -0.352 e. The van der Waals surface area contributed by atoms with Gasteiger partial charge in [-0.15, -0.1) is 11.8 Å². The van der Waals surface area contributed by atoms with E-state index in [2.05, 4.69) is 43.8 Å². The zero-order valence-electron chi connectivity index (χ0n) is 18.9. The molecule has 4 aromatic rings. The van der Waals surface area contributed by atoms with Crippen LogP contribution in [-0.4, -0.2) is 22.0 Å². The lowest BCUT2D eigenvalue weighted by Crippen LogP contribution is -2.33. The fraction of sp³-hybridized carbons (Fsp3) is 0.222. The fourth-order valence-electron chi connectivity index (χ4n) is 4.45. The van der Waals surface area contributed by atoms with E-state index >= 15 is 0 Å². The zero-order chi connectivity index (χ0) is 23.5. The molecule has 0 bridgehead atoms. The average Bonchev–Trinajstić information content (AvgIpc) is 3.32. The molecular formula is C27H25N3O2S2. The molecule has 1 aromatic carbocycles. The van der Waals surface area contributed by atoms with Crippen LogP contribution in [0.25, 0.3) is 5.69 Å². The van der Waals surface area contributed by atoms with E-state index in [1.165, 1.54) is 11.1 Å². The van der Waals surface area contributed by atoms with Gasteiger partial charge in [-0.3, -0.25) is 14.6 Å². The van der Waals surface area contributed by atoms with E-state index in [1.807, 2.05) is 31.2 Å². The van der Waals surface area contributed by atoms with Crippen LogP contribution in [0.3, 0.4) is 0 Å². The highest BCUT2D eigenvalue weighted by molar-refractivity contribution is 7.99. The Morgan fingerprint density at radius 2 is 2.00 bits per heavy atom. The molecule has 7 heteroatoms. The summed E-state index contributed by atoms with van der Waals surface area (Å²) in [5, 5.41) is 7.36. The first kappa shape index (κ1) is 22.6. The van der Waals surface area contributed by atoms with E-state index < -0.39 is 0 Å². The number of thiophene rings is 1. The van der Waals surface area contributed by atoms with Crippen molar-refractivity contribution in [1.82, 2.24) is 14.9 Å². The van der Waals surface area contributed by atoms with Gasteiger partial charge in [-0.2, -0.15) is 11.3 Å². The van der Waals surface area contributed by atoms with E-state index in [0.717, 1.165) is 34.8 Å². The van der Waals surface area contributed by atoms with Gasteiger partial charge in [0.25, 0.3) is 5.91 Å². The number of rotatable bonds is 6. The Kier molecular flexibility index (Phi) is 6.65. The Morgan fingerprint density at radius 3 is 2.79 bits per heavy atom. The largest absolute Gasteiger partial charge is 0.352 e. The second kappa shape index (κ2) is 9.99. The van der Waals surface area contributed by atoms with Crippen molar-refractivity contribution < 1.29 is 4.79 Å². The molecule has 1 amide bonds. The lowest BCUT2D eigenvalue weighted by molar-refractivity contribution is 0.0950. The van der Waals surface area contributed by atoms with Crippen LogP contribution < -0.4 is 10.7 Å². The second-order valence-corrected chi connectivity index (χ2v) is 10.4. The van der Waals surface area contributed by atoms with Crippen molar-refractivity contribution in [2.24, 2.45) is 0 Å². The van der Waals surface area contributed by atoms with Crippen LogP contribution in [-0.2, 0) is 12.8 Å². The standard InChI is InChI=1S/C27H25N3O2S2/c1-18-15-23(31)26(27(32)29-11-4-5-19-8-12-28-13-9-19)22-16-25(20-10-14-33-17-20)34-24-7-3-2-6-21(24)30(18)22/h2-3,6-10,12-15,17,25H,4-5,11,16H2,1H3,(H,29,32). The monoisotopic (exact) mass is 487 g/mol. The van der Waals surface area contributed by atoms with Gasteiger partial charge in [0, 0.05) is 53.0 Å². The number of para-hydroxylation sites is 1. The highest BCUT2D eigenvalue weighted by Gasteiger charge is 2.29. The van der Waals surface area contributed by atoms with Crippen LogP contribution >= 0.6 is 23.1 Å². The SMILES string of the molecule is Cc1cc(=O)c(C(=O)NCCCc2ccncc2)c2n1-c1ccccc1SC(c1ccsc1)C2. The molecule has 0 saturated heterocycles. The first-order valence-corrected chi connectivity index (χ1v) is 13.1. The summed E-state index contributed by atoms with van der Waals surface area (Å²) in [6.07, 6.45) is 5.79. The summed E-state index contributed by atoms with van der Waals surface area (Å²) in [6.45, 7) is 2.45. The molecule has 1 unspecified atom stereocenters. The van der Waals surface area contributed by atoms with Crippen molar-refractivity contribution in [3.8, 4) is 5.69 Å². The van der Waals surface area contributed by atoms with Gasteiger partial charge in [0.05, 0.1) is 5.69 Å². The minimum absolute atomic E-state index is 0.126. The number of thioether (sulfide) groups is 1. The molecule has 0 fully saturated rings. The molecule has 34 heavy (non-hydrogen) atoms. The lowest BCUT2D eigenvalue weighted by Gasteiger charge is -2.20. The van der Waals surface area contributed by atoms with E-state index in [9.17, 15) is 9.59 Å². The number of nitrogens with one attached hydrogen (secondary N) is 1.